The van der Waals surface area contributed by atoms with Gasteiger partial charge in [0.15, 0.2) is 0 Å². The summed E-state index contributed by atoms with van der Waals surface area (Å²) in [6.45, 7) is 2.87. The van der Waals surface area contributed by atoms with E-state index in [1.54, 1.807) is 6.92 Å². The van der Waals surface area contributed by atoms with Crippen molar-refractivity contribution in [2.75, 3.05) is 13.2 Å². The number of hydrogen-bond acceptors (Lipinski definition) is 5. The summed E-state index contributed by atoms with van der Waals surface area (Å²) in [6.07, 6.45) is 8.42. The Kier molecular flexibility index (Phi) is 11.2. The van der Waals surface area contributed by atoms with Crippen LogP contribution in [-0.4, -0.2) is 30.6 Å². The van der Waals surface area contributed by atoms with Gasteiger partial charge in [-0.1, -0.05) is 50.3 Å². The summed E-state index contributed by atoms with van der Waals surface area (Å²) in [4.78, 5) is 11.6. The zero-order valence-corrected chi connectivity index (χ0v) is 14.5. The highest BCUT2D eigenvalue weighted by molar-refractivity contribution is 5.89. The summed E-state index contributed by atoms with van der Waals surface area (Å²) in [5, 5.41) is 11.6. The predicted molar refractivity (Wildman–Crippen MR) is 94.7 cm³/mol. The van der Waals surface area contributed by atoms with E-state index in [1.165, 1.54) is 6.21 Å². The van der Waals surface area contributed by atoms with Crippen LogP contribution in [0.15, 0.2) is 35.5 Å². The number of oxime groups is 1. The van der Waals surface area contributed by atoms with Crippen LogP contribution in [0.1, 0.15) is 51.9 Å². The lowest BCUT2D eigenvalue weighted by atomic mass is 10.0. The van der Waals surface area contributed by atoms with E-state index >= 15 is 0 Å². The molecule has 1 unspecified atom stereocenters. The Morgan fingerprint density at radius 2 is 1.79 bits per heavy atom. The highest BCUT2D eigenvalue weighted by atomic mass is 16.5. The zero-order valence-electron chi connectivity index (χ0n) is 14.5. The van der Waals surface area contributed by atoms with E-state index in [0.29, 0.717) is 13.0 Å². The lowest BCUT2D eigenvalue weighted by molar-refractivity contribution is -0.145. The molecule has 0 amide bonds. The van der Waals surface area contributed by atoms with E-state index in [9.17, 15) is 4.79 Å². The van der Waals surface area contributed by atoms with Crippen molar-refractivity contribution in [3.05, 3.63) is 30.3 Å². The number of carbonyl (C=O) groups excluding carboxylic acids is 1. The van der Waals surface area contributed by atoms with Gasteiger partial charge < -0.3 is 14.7 Å². The van der Waals surface area contributed by atoms with E-state index in [4.69, 9.17) is 14.7 Å². The molecular formula is C19H29NO4. The van der Waals surface area contributed by atoms with Crippen LogP contribution in [0.5, 0.6) is 5.75 Å². The van der Waals surface area contributed by atoms with Crippen LogP contribution in [0.3, 0.4) is 0 Å². The first kappa shape index (κ1) is 20.0. The van der Waals surface area contributed by atoms with Crippen molar-refractivity contribution in [1.82, 2.24) is 0 Å². The van der Waals surface area contributed by atoms with Crippen LogP contribution in [0, 0.1) is 5.92 Å². The molecular weight excluding hydrogens is 306 g/mol. The number of carbonyl (C=O) groups is 1. The van der Waals surface area contributed by atoms with Crippen LogP contribution in [-0.2, 0) is 9.53 Å². The molecule has 134 valence electrons. The second kappa shape index (κ2) is 13.4. The fraction of sp³-hybridized carbons (Fsp3) is 0.579. The average molecular weight is 335 g/mol. The van der Waals surface area contributed by atoms with Crippen molar-refractivity contribution in [3.8, 4) is 5.75 Å². The van der Waals surface area contributed by atoms with Gasteiger partial charge in [0.1, 0.15) is 5.75 Å². The summed E-state index contributed by atoms with van der Waals surface area (Å²) in [6, 6.07) is 9.86. The number of hydrogen-bond donors (Lipinski definition) is 1. The van der Waals surface area contributed by atoms with Gasteiger partial charge >= 0.3 is 5.97 Å². The Bertz CT molecular complexity index is 462. The fourth-order valence-corrected chi connectivity index (χ4v) is 2.46. The van der Waals surface area contributed by atoms with Gasteiger partial charge in [-0.15, -0.1) is 5.16 Å². The molecule has 0 aliphatic rings. The Balaban J connectivity index is 2.00. The molecule has 0 aromatic heterocycles. The van der Waals surface area contributed by atoms with Crippen molar-refractivity contribution < 1.29 is 19.5 Å². The predicted octanol–water partition coefficient (Wildman–Crippen LogP) is 4.44. The molecule has 5 heteroatoms. The zero-order chi connectivity index (χ0) is 17.5. The molecule has 0 saturated heterocycles. The number of rotatable bonds is 13. The molecule has 1 N–H and O–H groups in total. The lowest BCUT2D eigenvalue weighted by Gasteiger charge is -2.10. The molecule has 0 radical (unpaired) electrons. The smallest absolute Gasteiger partial charge is 0.314 e. The number of benzene rings is 1. The van der Waals surface area contributed by atoms with Crippen LogP contribution in [0.2, 0.25) is 0 Å². The maximum Gasteiger partial charge on any atom is 0.314 e. The van der Waals surface area contributed by atoms with Crippen molar-refractivity contribution in [3.63, 3.8) is 0 Å². The van der Waals surface area contributed by atoms with Gasteiger partial charge in [0, 0.05) is 0 Å². The van der Waals surface area contributed by atoms with Gasteiger partial charge in [0.2, 0.25) is 0 Å². The Labute approximate surface area is 144 Å². The Morgan fingerprint density at radius 3 is 2.46 bits per heavy atom. The molecule has 0 saturated carbocycles. The molecule has 0 heterocycles. The number of para-hydroxylation sites is 1. The first-order chi connectivity index (χ1) is 11.8. The summed E-state index contributed by atoms with van der Waals surface area (Å²) in [7, 11) is 0. The highest BCUT2D eigenvalue weighted by Gasteiger charge is 2.17. The maximum absolute atomic E-state index is 11.6. The van der Waals surface area contributed by atoms with Gasteiger partial charge in [0.25, 0.3) is 0 Å². The van der Waals surface area contributed by atoms with Crippen LogP contribution >= 0.6 is 0 Å². The maximum atomic E-state index is 11.6. The molecule has 5 nitrogen and oxygen atoms in total. The minimum Gasteiger partial charge on any atom is -0.494 e. The monoisotopic (exact) mass is 335 g/mol. The minimum absolute atomic E-state index is 0.312. The Morgan fingerprint density at radius 1 is 1.12 bits per heavy atom. The van der Waals surface area contributed by atoms with Gasteiger partial charge in [-0.25, -0.2) is 0 Å². The van der Waals surface area contributed by atoms with Gasteiger partial charge in [-0.3, -0.25) is 4.79 Å². The number of ether oxygens (including phenoxy) is 2. The lowest BCUT2D eigenvalue weighted by Crippen LogP contribution is -2.19. The molecule has 1 atom stereocenters. The first-order valence-corrected chi connectivity index (χ1v) is 8.80. The van der Waals surface area contributed by atoms with Crippen molar-refractivity contribution in [2.45, 2.75) is 51.9 Å². The molecule has 1 rings (SSSR count). The number of unbranched alkanes of at least 4 members (excludes halogenated alkanes) is 5. The summed E-state index contributed by atoms with van der Waals surface area (Å²) in [5.74, 6) is 0.177. The first-order valence-electron chi connectivity index (χ1n) is 8.80. The summed E-state index contributed by atoms with van der Waals surface area (Å²) < 4.78 is 10.6. The van der Waals surface area contributed by atoms with E-state index in [-0.39, 0.29) is 5.97 Å². The molecule has 0 aliphatic heterocycles. The minimum atomic E-state index is -0.436. The van der Waals surface area contributed by atoms with Gasteiger partial charge in [-0.05, 0) is 31.9 Å². The van der Waals surface area contributed by atoms with Gasteiger partial charge in [-0.2, -0.15) is 0 Å². The third-order valence-corrected chi connectivity index (χ3v) is 3.76. The van der Waals surface area contributed by atoms with E-state index < -0.39 is 5.92 Å². The molecule has 0 spiro atoms. The largest absolute Gasteiger partial charge is 0.494 e. The van der Waals surface area contributed by atoms with Crippen molar-refractivity contribution in [2.24, 2.45) is 11.1 Å². The topological polar surface area (TPSA) is 68.1 Å². The number of esters is 1. The standard InChI is InChI=1S/C19H29NO4/c1-2-23-19(21)17(16-20-22)12-8-5-3-4-6-11-15-24-18-13-9-7-10-14-18/h7,9-10,13-14,16-17,22H,2-6,8,11-12,15H2,1H3/b20-16-. The molecule has 0 fully saturated rings. The number of nitrogens with zero attached hydrogens (tertiary/aromatic N) is 1. The van der Waals surface area contributed by atoms with Gasteiger partial charge in [0.05, 0.1) is 25.3 Å². The van der Waals surface area contributed by atoms with E-state index in [2.05, 4.69) is 5.16 Å². The van der Waals surface area contributed by atoms with Crippen LogP contribution in [0.4, 0.5) is 0 Å². The summed E-state index contributed by atoms with van der Waals surface area (Å²) >= 11 is 0. The normalized spacial score (nSPS) is 12.2. The van der Waals surface area contributed by atoms with Crippen LogP contribution in [0.25, 0.3) is 0 Å². The molecule has 1 aromatic carbocycles. The SMILES string of the molecule is CCOC(=O)C(/C=N\O)CCCCCCCCOc1ccccc1. The van der Waals surface area contributed by atoms with Crippen LogP contribution < -0.4 is 4.74 Å². The summed E-state index contributed by atoms with van der Waals surface area (Å²) in [5.41, 5.74) is 0. The fourth-order valence-electron chi connectivity index (χ4n) is 2.46. The molecule has 0 aliphatic carbocycles. The average Bonchev–Trinajstić information content (AvgIpc) is 2.60. The van der Waals surface area contributed by atoms with Crippen molar-refractivity contribution >= 4 is 12.2 Å². The quantitative estimate of drug-likeness (QED) is 0.190. The third-order valence-electron chi connectivity index (χ3n) is 3.76. The Hall–Kier alpha value is -2.04. The van der Waals surface area contributed by atoms with E-state index in [0.717, 1.165) is 50.9 Å². The van der Waals surface area contributed by atoms with Crippen molar-refractivity contribution in [1.29, 1.82) is 0 Å². The second-order valence-electron chi connectivity index (χ2n) is 5.69. The highest BCUT2D eigenvalue weighted by Crippen LogP contribution is 2.14. The molecule has 24 heavy (non-hydrogen) atoms. The third kappa shape index (κ3) is 9.18. The second-order valence-corrected chi connectivity index (χ2v) is 5.69. The molecule has 0 bridgehead atoms. The molecule has 1 aromatic rings. The van der Waals surface area contributed by atoms with E-state index in [1.807, 2.05) is 30.3 Å².